The Kier molecular flexibility index (Phi) is 5.68. The van der Waals surface area contributed by atoms with Gasteiger partial charge in [-0.3, -0.25) is 4.79 Å². The molecule has 1 aromatic carbocycles. The smallest absolute Gasteiger partial charge is 0.225 e. The first-order valence-corrected chi connectivity index (χ1v) is 8.88. The number of likely N-dealkylation sites (tertiary alicyclic amines) is 1. The topological polar surface area (TPSA) is 32.8 Å². The zero-order valence-electron chi connectivity index (χ0n) is 14.1. The van der Waals surface area contributed by atoms with Gasteiger partial charge in [0.15, 0.2) is 0 Å². The molecule has 0 spiro atoms. The van der Waals surface area contributed by atoms with Crippen LogP contribution in [0.5, 0.6) is 0 Å². The largest absolute Gasteiger partial charge is 0.378 e. The molecule has 0 bridgehead atoms. The summed E-state index contributed by atoms with van der Waals surface area (Å²) in [7, 11) is 0. The number of piperidine rings is 1. The maximum atomic E-state index is 12.6. The third-order valence-corrected chi connectivity index (χ3v) is 5.16. The van der Waals surface area contributed by atoms with Crippen LogP contribution in [-0.4, -0.2) is 61.6 Å². The Hall–Kier alpha value is -1.39. The summed E-state index contributed by atoms with van der Waals surface area (Å²) in [6.45, 7) is 8.38. The van der Waals surface area contributed by atoms with Gasteiger partial charge in [-0.25, -0.2) is 0 Å². The lowest BCUT2D eigenvalue weighted by atomic mass is 9.93. The Labute approximate surface area is 139 Å². The second-order valence-electron chi connectivity index (χ2n) is 6.82. The van der Waals surface area contributed by atoms with Gasteiger partial charge in [-0.1, -0.05) is 37.3 Å². The minimum atomic E-state index is 0.219. The van der Waals surface area contributed by atoms with Gasteiger partial charge in [0.05, 0.1) is 13.2 Å². The van der Waals surface area contributed by atoms with E-state index in [-0.39, 0.29) is 5.92 Å². The normalized spacial score (nSPS) is 22.0. The fourth-order valence-corrected chi connectivity index (χ4v) is 3.68. The lowest BCUT2D eigenvalue weighted by Gasteiger charge is -2.36. The van der Waals surface area contributed by atoms with E-state index < -0.39 is 0 Å². The molecule has 0 N–H and O–H groups in total. The molecule has 2 fully saturated rings. The van der Waals surface area contributed by atoms with Crippen LogP contribution in [0.15, 0.2) is 30.3 Å². The molecule has 4 nitrogen and oxygen atoms in total. The van der Waals surface area contributed by atoms with Crippen LogP contribution < -0.4 is 0 Å². The van der Waals surface area contributed by atoms with Crippen molar-refractivity contribution < 1.29 is 9.53 Å². The van der Waals surface area contributed by atoms with E-state index in [0.29, 0.717) is 25.0 Å². The Morgan fingerprint density at radius 3 is 2.43 bits per heavy atom. The third kappa shape index (κ3) is 4.33. The molecule has 0 saturated carbocycles. The minimum absolute atomic E-state index is 0.219. The second-order valence-corrected chi connectivity index (χ2v) is 6.82. The number of rotatable bonds is 4. The van der Waals surface area contributed by atoms with Gasteiger partial charge in [0, 0.05) is 25.6 Å². The molecule has 0 aromatic heterocycles. The predicted octanol–water partition coefficient (Wildman–Crippen LogP) is 2.36. The Morgan fingerprint density at radius 2 is 1.78 bits per heavy atom. The first-order chi connectivity index (χ1) is 11.2. The molecule has 1 amide bonds. The van der Waals surface area contributed by atoms with Crippen molar-refractivity contribution in [2.45, 2.75) is 25.7 Å². The first kappa shape index (κ1) is 16.5. The lowest BCUT2D eigenvalue weighted by Crippen LogP contribution is -2.47. The number of nitrogens with zero attached hydrogens (tertiary/aromatic N) is 2. The Morgan fingerprint density at radius 1 is 1.13 bits per heavy atom. The summed E-state index contributed by atoms with van der Waals surface area (Å²) >= 11 is 0. The second kappa shape index (κ2) is 7.93. The van der Waals surface area contributed by atoms with Crippen LogP contribution in [0.2, 0.25) is 0 Å². The van der Waals surface area contributed by atoms with Crippen molar-refractivity contribution in [3.05, 3.63) is 35.9 Å². The average Bonchev–Trinajstić information content (AvgIpc) is 2.63. The van der Waals surface area contributed by atoms with Crippen LogP contribution in [0.25, 0.3) is 0 Å². The van der Waals surface area contributed by atoms with Crippen LogP contribution in [0, 0.1) is 5.92 Å². The van der Waals surface area contributed by atoms with Gasteiger partial charge >= 0.3 is 0 Å². The SMILES string of the molecule is C[C@@H](CN1CCC(C(=O)N2CCOCC2)CC1)c1ccccc1. The summed E-state index contributed by atoms with van der Waals surface area (Å²) < 4.78 is 5.34. The lowest BCUT2D eigenvalue weighted by molar-refractivity contribution is -0.141. The summed E-state index contributed by atoms with van der Waals surface area (Å²) in [6.07, 6.45) is 2.00. The van der Waals surface area contributed by atoms with E-state index >= 15 is 0 Å². The van der Waals surface area contributed by atoms with Crippen molar-refractivity contribution in [2.75, 3.05) is 45.9 Å². The van der Waals surface area contributed by atoms with Gasteiger partial charge in [0.2, 0.25) is 5.91 Å². The molecule has 2 aliphatic rings. The molecule has 2 saturated heterocycles. The van der Waals surface area contributed by atoms with Gasteiger partial charge in [-0.05, 0) is 37.4 Å². The standard InChI is InChI=1S/C19H28N2O2/c1-16(17-5-3-2-4-6-17)15-20-9-7-18(8-10-20)19(22)21-11-13-23-14-12-21/h2-6,16,18H,7-15H2,1H3/t16-/m0/s1. The van der Waals surface area contributed by atoms with Crippen molar-refractivity contribution in [3.8, 4) is 0 Å². The zero-order chi connectivity index (χ0) is 16.1. The van der Waals surface area contributed by atoms with Gasteiger partial charge in [0.25, 0.3) is 0 Å². The van der Waals surface area contributed by atoms with Crippen LogP contribution in [0.3, 0.4) is 0 Å². The number of carbonyl (C=O) groups is 1. The molecular formula is C19H28N2O2. The monoisotopic (exact) mass is 316 g/mol. The highest BCUT2D eigenvalue weighted by Crippen LogP contribution is 2.23. The molecule has 23 heavy (non-hydrogen) atoms. The fraction of sp³-hybridized carbons (Fsp3) is 0.632. The van der Waals surface area contributed by atoms with Gasteiger partial charge in [-0.15, -0.1) is 0 Å². The van der Waals surface area contributed by atoms with E-state index in [1.807, 2.05) is 4.90 Å². The molecule has 2 aliphatic heterocycles. The van der Waals surface area contributed by atoms with E-state index in [1.54, 1.807) is 0 Å². The highest BCUT2D eigenvalue weighted by molar-refractivity contribution is 5.79. The number of carbonyl (C=O) groups excluding carboxylic acids is 1. The molecule has 0 unspecified atom stereocenters. The fourth-order valence-electron chi connectivity index (χ4n) is 3.68. The van der Waals surface area contributed by atoms with E-state index in [0.717, 1.165) is 45.6 Å². The van der Waals surface area contributed by atoms with Crippen LogP contribution in [-0.2, 0) is 9.53 Å². The van der Waals surface area contributed by atoms with Crippen molar-refractivity contribution >= 4 is 5.91 Å². The number of hydrogen-bond donors (Lipinski definition) is 0. The van der Waals surface area contributed by atoms with Crippen molar-refractivity contribution in [3.63, 3.8) is 0 Å². The molecule has 3 rings (SSSR count). The average molecular weight is 316 g/mol. The van der Waals surface area contributed by atoms with Crippen molar-refractivity contribution in [1.29, 1.82) is 0 Å². The molecular weight excluding hydrogens is 288 g/mol. The van der Waals surface area contributed by atoms with E-state index in [1.165, 1.54) is 5.56 Å². The zero-order valence-corrected chi connectivity index (χ0v) is 14.1. The molecule has 0 aliphatic carbocycles. The van der Waals surface area contributed by atoms with E-state index in [2.05, 4.69) is 42.2 Å². The van der Waals surface area contributed by atoms with Crippen LogP contribution >= 0.6 is 0 Å². The molecule has 1 aromatic rings. The third-order valence-electron chi connectivity index (χ3n) is 5.16. The quantitative estimate of drug-likeness (QED) is 0.855. The number of benzene rings is 1. The summed E-state index contributed by atoms with van der Waals surface area (Å²) in [4.78, 5) is 17.1. The summed E-state index contributed by atoms with van der Waals surface area (Å²) in [5, 5.41) is 0. The van der Waals surface area contributed by atoms with E-state index in [4.69, 9.17) is 4.74 Å². The van der Waals surface area contributed by atoms with Gasteiger partial charge in [0.1, 0.15) is 0 Å². The predicted molar refractivity (Wildman–Crippen MR) is 91.4 cm³/mol. The van der Waals surface area contributed by atoms with Crippen LogP contribution in [0.1, 0.15) is 31.2 Å². The van der Waals surface area contributed by atoms with Crippen molar-refractivity contribution in [1.82, 2.24) is 9.80 Å². The molecule has 2 heterocycles. The minimum Gasteiger partial charge on any atom is -0.378 e. The number of hydrogen-bond acceptors (Lipinski definition) is 3. The van der Waals surface area contributed by atoms with E-state index in [9.17, 15) is 4.79 Å². The first-order valence-electron chi connectivity index (χ1n) is 8.88. The van der Waals surface area contributed by atoms with Gasteiger partial charge in [-0.2, -0.15) is 0 Å². The molecule has 1 atom stereocenters. The molecule has 4 heteroatoms. The van der Waals surface area contributed by atoms with Crippen molar-refractivity contribution in [2.24, 2.45) is 5.92 Å². The number of ether oxygens (including phenoxy) is 1. The summed E-state index contributed by atoms with van der Waals surface area (Å²) in [5.74, 6) is 1.11. The highest BCUT2D eigenvalue weighted by Gasteiger charge is 2.29. The highest BCUT2D eigenvalue weighted by atomic mass is 16.5. The molecule has 0 radical (unpaired) electrons. The summed E-state index contributed by atoms with van der Waals surface area (Å²) in [6, 6.07) is 10.7. The molecule has 126 valence electrons. The Bertz CT molecular complexity index is 491. The van der Waals surface area contributed by atoms with Gasteiger partial charge < -0.3 is 14.5 Å². The maximum Gasteiger partial charge on any atom is 0.225 e. The number of morpholine rings is 1. The summed E-state index contributed by atoms with van der Waals surface area (Å²) in [5.41, 5.74) is 1.40. The Balaban J connectivity index is 1.45. The van der Waals surface area contributed by atoms with Crippen LogP contribution in [0.4, 0.5) is 0 Å². The number of amides is 1. The maximum absolute atomic E-state index is 12.6.